The van der Waals surface area contributed by atoms with Gasteiger partial charge >= 0.3 is 0 Å². The van der Waals surface area contributed by atoms with Gasteiger partial charge in [-0.15, -0.1) is 0 Å². The normalized spacial score (nSPS) is 9.40. The molecular formula is C6H6FNO2. The van der Waals surface area contributed by atoms with Crippen LogP contribution in [0.25, 0.3) is 0 Å². The number of nitrogens with one attached hydrogen (secondary N) is 1. The van der Waals surface area contributed by atoms with Crippen LogP contribution >= 0.6 is 0 Å². The Hall–Kier alpha value is -1.32. The van der Waals surface area contributed by atoms with Crippen LogP contribution in [0.5, 0.6) is 5.75 Å². The molecule has 0 saturated carbocycles. The molecule has 0 atom stereocenters. The lowest BCUT2D eigenvalue weighted by Crippen LogP contribution is -2.09. The largest absolute Gasteiger partial charge is 0.491 e. The van der Waals surface area contributed by atoms with E-state index in [1.54, 1.807) is 0 Å². The van der Waals surface area contributed by atoms with Gasteiger partial charge in [0.1, 0.15) is 0 Å². The van der Waals surface area contributed by atoms with Crippen LogP contribution in [0.15, 0.2) is 16.9 Å². The third kappa shape index (κ3) is 1.15. The maximum absolute atomic E-state index is 12.2. The molecule has 0 fully saturated rings. The minimum atomic E-state index is -0.661. The zero-order valence-corrected chi connectivity index (χ0v) is 5.35. The van der Waals surface area contributed by atoms with Crippen LogP contribution < -0.4 is 10.3 Å². The first-order chi connectivity index (χ1) is 4.74. The number of H-pyrrole nitrogens is 1. The van der Waals surface area contributed by atoms with Gasteiger partial charge in [0.25, 0.3) is 5.56 Å². The van der Waals surface area contributed by atoms with Gasteiger partial charge < -0.3 is 4.74 Å². The third-order valence-corrected chi connectivity index (χ3v) is 1.06. The van der Waals surface area contributed by atoms with Crippen molar-refractivity contribution >= 4 is 0 Å². The zero-order chi connectivity index (χ0) is 7.56. The molecule has 3 nitrogen and oxygen atoms in total. The number of pyridine rings is 1. The molecule has 1 aromatic rings. The fourth-order valence-electron chi connectivity index (χ4n) is 0.597. The standard InChI is InChI=1S/C6H6FNO2/c1-10-4-2-3-5(7)8-6(4)9/h2-3H,1H3,(H,8,9). The number of rotatable bonds is 1. The predicted octanol–water partition coefficient (Wildman–Crippen LogP) is 0.523. The van der Waals surface area contributed by atoms with Gasteiger partial charge in [0.15, 0.2) is 11.7 Å². The highest BCUT2D eigenvalue weighted by atomic mass is 19.1. The monoisotopic (exact) mass is 143 g/mol. The number of hydrogen-bond acceptors (Lipinski definition) is 2. The van der Waals surface area contributed by atoms with Crippen LogP contribution in [0.3, 0.4) is 0 Å². The molecule has 0 aliphatic heterocycles. The SMILES string of the molecule is COc1ccc(F)[nH]c1=O. The summed E-state index contributed by atoms with van der Waals surface area (Å²) >= 11 is 0. The first-order valence-corrected chi connectivity index (χ1v) is 2.67. The van der Waals surface area contributed by atoms with Crippen molar-refractivity contribution in [1.29, 1.82) is 0 Å². The van der Waals surface area contributed by atoms with Crippen LogP contribution in [0, 0.1) is 5.95 Å². The topological polar surface area (TPSA) is 42.1 Å². The van der Waals surface area contributed by atoms with Gasteiger partial charge in [0, 0.05) is 0 Å². The first-order valence-electron chi connectivity index (χ1n) is 2.67. The number of methoxy groups -OCH3 is 1. The van der Waals surface area contributed by atoms with Crippen molar-refractivity contribution < 1.29 is 9.13 Å². The molecule has 0 amide bonds. The predicted molar refractivity (Wildman–Crippen MR) is 33.6 cm³/mol. The summed E-state index contributed by atoms with van der Waals surface area (Å²) in [4.78, 5) is 12.6. The van der Waals surface area contributed by atoms with E-state index in [9.17, 15) is 9.18 Å². The quantitative estimate of drug-likeness (QED) is 0.582. The number of ether oxygens (including phenoxy) is 1. The lowest BCUT2D eigenvalue weighted by atomic mass is 10.4. The van der Waals surface area contributed by atoms with Gasteiger partial charge in [0.2, 0.25) is 0 Å². The molecule has 1 rings (SSSR count). The van der Waals surface area contributed by atoms with E-state index in [2.05, 4.69) is 4.74 Å². The molecule has 0 aromatic carbocycles. The molecule has 1 aromatic heterocycles. The summed E-state index contributed by atoms with van der Waals surface area (Å²) in [6.07, 6.45) is 0. The number of aromatic amines is 1. The van der Waals surface area contributed by atoms with Crippen molar-refractivity contribution in [2.45, 2.75) is 0 Å². The van der Waals surface area contributed by atoms with Crippen LogP contribution in [-0.4, -0.2) is 12.1 Å². The maximum Gasteiger partial charge on any atom is 0.292 e. The second-order valence-corrected chi connectivity index (χ2v) is 1.70. The number of halogens is 1. The van der Waals surface area contributed by atoms with Crippen molar-refractivity contribution in [3.05, 3.63) is 28.4 Å². The summed E-state index contributed by atoms with van der Waals surface area (Å²) in [5.41, 5.74) is -0.553. The highest BCUT2D eigenvalue weighted by Gasteiger charge is 1.97. The second-order valence-electron chi connectivity index (χ2n) is 1.70. The van der Waals surface area contributed by atoms with Crippen LogP contribution in [-0.2, 0) is 0 Å². The molecule has 1 heterocycles. The Morgan fingerprint density at radius 2 is 2.30 bits per heavy atom. The van der Waals surface area contributed by atoms with E-state index in [1.807, 2.05) is 4.98 Å². The molecule has 54 valence electrons. The molecule has 0 saturated heterocycles. The molecule has 0 spiro atoms. The number of hydrogen-bond donors (Lipinski definition) is 1. The summed E-state index contributed by atoms with van der Waals surface area (Å²) in [6.45, 7) is 0. The smallest absolute Gasteiger partial charge is 0.292 e. The fourth-order valence-corrected chi connectivity index (χ4v) is 0.597. The highest BCUT2D eigenvalue weighted by Crippen LogP contribution is 1.99. The van der Waals surface area contributed by atoms with Gasteiger partial charge in [-0.25, -0.2) is 0 Å². The van der Waals surface area contributed by atoms with Crippen molar-refractivity contribution in [3.8, 4) is 5.75 Å². The molecule has 4 heteroatoms. The minimum absolute atomic E-state index is 0.112. The maximum atomic E-state index is 12.2. The highest BCUT2D eigenvalue weighted by molar-refractivity contribution is 5.16. The average Bonchev–Trinajstić information content (AvgIpc) is 1.88. The summed E-state index contributed by atoms with van der Waals surface area (Å²) in [7, 11) is 1.35. The van der Waals surface area contributed by atoms with Crippen LogP contribution in [0.2, 0.25) is 0 Å². The van der Waals surface area contributed by atoms with E-state index in [0.717, 1.165) is 6.07 Å². The van der Waals surface area contributed by atoms with Gasteiger partial charge in [-0.2, -0.15) is 4.39 Å². The van der Waals surface area contributed by atoms with E-state index in [0.29, 0.717) is 0 Å². The van der Waals surface area contributed by atoms with Crippen molar-refractivity contribution in [2.24, 2.45) is 0 Å². The van der Waals surface area contributed by atoms with Crippen molar-refractivity contribution in [1.82, 2.24) is 4.98 Å². The van der Waals surface area contributed by atoms with E-state index in [1.165, 1.54) is 13.2 Å². The molecule has 1 N–H and O–H groups in total. The van der Waals surface area contributed by atoms with E-state index >= 15 is 0 Å². The summed E-state index contributed by atoms with van der Waals surface area (Å²) in [6, 6.07) is 2.40. The van der Waals surface area contributed by atoms with Gasteiger partial charge in [0.05, 0.1) is 7.11 Å². The lowest BCUT2D eigenvalue weighted by molar-refractivity contribution is 0.405. The third-order valence-electron chi connectivity index (χ3n) is 1.06. The van der Waals surface area contributed by atoms with Crippen molar-refractivity contribution in [2.75, 3.05) is 7.11 Å². The zero-order valence-electron chi connectivity index (χ0n) is 5.35. The molecule has 0 radical (unpaired) electrons. The fraction of sp³-hybridized carbons (Fsp3) is 0.167. The van der Waals surface area contributed by atoms with E-state index in [-0.39, 0.29) is 5.75 Å². The Kier molecular flexibility index (Phi) is 1.71. The second kappa shape index (κ2) is 2.51. The summed E-state index contributed by atoms with van der Waals surface area (Å²) in [5.74, 6) is -0.549. The minimum Gasteiger partial charge on any atom is -0.491 e. The Morgan fingerprint density at radius 1 is 1.60 bits per heavy atom. The Balaban J connectivity index is 3.20. The molecule has 0 bridgehead atoms. The van der Waals surface area contributed by atoms with Gasteiger partial charge in [-0.05, 0) is 12.1 Å². The Bertz CT molecular complexity index is 281. The molecule has 0 aliphatic carbocycles. The summed E-state index contributed by atoms with van der Waals surface area (Å²) < 4.78 is 16.8. The average molecular weight is 143 g/mol. The van der Waals surface area contributed by atoms with Crippen LogP contribution in [0.4, 0.5) is 4.39 Å². The van der Waals surface area contributed by atoms with Gasteiger partial charge in [-0.3, -0.25) is 9.78 Å². The number of aromatic nitrogens is 1. The molecule has 0 aliphatic rings. The van der Waals surface area contributed by atoms with E-state index in [4.69, 9.17) is 0 Å². The molecule has 0 unspecified atom stereocenters. The van der Waals surface area contributed by atoms with E-state index < -0.39 is 11.5 Å². The summed E-state index contributed by atoms with van der Waals surface area (Å²) in [5, 5.41) is 0. The van der Waals surface area contributed by atoms with Gasteiger partial charge in [-0.1, -0.05) is 0 Å². The molecular weight excluding hydrogens is 137 g/mol. The van der Waals surface area contributed by atoms with Crippen LogP contribution in [0.1, 0.15) is 0 Å². The molecule has 10 heavy (non-hydrogen) atoms. The first kappa shape index (κ1) is 6.80. The Labute approximate surface area is 56.5 Å². The Morgan fingerprint density at radius 3 is 2.80 bits per heavy atom. The lowest BCUT2D eigenvalue weighted by Gasteiger charge is -1.95. The van der Waals surface area contributed by atoms with Crippen molar-refractivity contribution in [3.63, 3.8) is 0 Å².